The topological polar surface area (TPSA) is 17.1 Å². The zero-order valence-electron chi connectivity index (χ0n) is 5.83. The van der Waals surface area contributed by atoms with Crippen molar-refractivity contribution in [2.75, 3.05) is 0 Å². The molecule has 11 heavy (non-hydrogen) atoms. The van der Waals surface area contributed by atoms with E-state index in [1.807, 2.05) is 0 Å². The maximum Gasteiger partial charge on any atom is 0.145 e. The van der Waals surface area contributed by atoms with Crippen molar-refractivity contribution in [3.63, 3.8) is 0 Å². The van der Waals surface area contributed by atoms with E-state index in [1.54, 1.807) is 30.3 Å². The van der Waals surface area contributed by atoms with E-state index in [9.17, 15) is 9.18 Å². The Labute approximate surface area is 64.2 Å². The van der Waals surface area contributed by atoms with Crippen molar-refractivity contribution >= 4 is 12.1 Å². The predicted molar refractivity (Wildman–Crippen MR) is 41.6 cm³/mol. The molecule has 0 atom stereocenters. The van der Waals surface area contributed by atoms with Gasteiger partial charge in [-0.2, -0.15) is 0 Å². The maximum atomic E-state index is 12.8. The molecule has 0 N–H and O–H groups in total. The molecule has 0 radical (unpaired) electrons. The minimum absolute atomic E-state index is 0.430. The van der Waals surface area contributed by atoms with Gasteiger partial charge < -0.3 is 0 Å². The van der Waals surface area contributed by atoms with Crippen LogP contribution in [0.5, 0.6) is 0 Å². The fourth-order valence-electron chi connectivity index (χ4n) is 0.753. The summed E-state index contributed by atoms with van der Waals surface area (Å²) in [5.41, 5.74) is 0.430. The molecule has 2 heteroatoms. The van der Waals surface area contributed by atoms with E-state index in [0.29, 0.717) is 11.8 Å². The molecule has 0 aliphatic heterocycles. The fraction of sp³-hybridized carbons (Fsp3) is 0. The molecule has 0 aliphatic carbocycles. The van der Waals surface area contributed by atoms with Gasteiger partial charge in [-0.1, -0.05) is 30.3 Å². The van der Waals surface area contributed by atoms with Gasteiger partial charge in [-0.05, 0) is 0 Å². The Bertz CT molecular complexity index is 264. The van der Waals surface area contributed by atoms with Crippen molar-refractivity contribution in [3.05, 3.63) is 42.0 Å². The van der Waals surface area contributed by atoms with Crippen molar-refractivity contribution in [1.82, 2.24) is 0 Å². The molecular weight excluding hydrogens is 143 g/mol. The van der Waals surface area contributed by atoms with Crippen molar-refractivity contribution < 1.29 is 9.18 Å². The molecule has 0 spiro atoms. The van der Waals surface area contributed by atoms with Gasteiger partial charge in [0.15, 0.2) is 0 Å². The van der Waals surface area contributed by atoms with Crippen LogP contribution in [0.4, 0.5) is 4.39 Å². The Morgan fingerprint density at radius 3 is 2.45 bits per heavy atom. The van der Waals surface area contributed by atoms with Crippen molar-refractivity contribution in [3.8, 4) is 0 Å². The minimum Gasteiger partial charge on any atom is -0.298 e. The molecule has 0 aromatic heterocycles. The monoisotopic (exact) mass is 150 g/mol. The lowest BCUT2D eigenvalue weighted by Gasteiger charge is -1.92. The van der Waals surface area contributed by atoms with Crippen LogP contribution in [0.2, 0.25) is 0 Å². The molecule has 0 bridgehead atoms. The van der Waals surface area contributed by atoms with Gasteiger partial charge in [-0.25, -0.2) is 4.39 Å². The van der Waals surface area contributed by atoms with Gasteiger partial charge in [0.2, 0.25) is 0 Å². The zero-order chi connectivity index (χ0) is 8.10. The van der Waals surface area contributed by atoms with E-state index in [-0.39, 0.29) is 0 Å². The highest BCUT2D eigenvalue weighted by atomic mass is 19.1. The molecule has 1 nitrogen and oxygen atoms in total. The Hall–Kier alpha value is -1.44. The highest BCUT2D eigenvalue weighted by molar-refractivity contribution is 5.78. The molecule has 0 heterocycles. The number of halogens is 1. The third-order valence-electron chi connectivity index (χ3n) is 1.26. The molecule has 0 amide bonds. The number of benzene rings is 1. The minimum atomic E-state index is -0.499. The normalized spacial score (nSPS) is 11.2. The molecule has 0 aliphatic rings. The quantitative estimate of drug-likeness (QED) is 0.466. The molecular formula is C9H7FO. The smallest absolute Gasteiger partial charge is 0.145 e. The first kappa shape index (κ1) is 7.66. The zero-order valence-corrected chi connectivity index (χ0v) is 5.83. The summed E-state index contributed by atoms with van der Waals surface area (Å²) < 4.78 is 12.8. The summed E-state index contributed by atoms with van der Waals surface area (Å²) >= 11 is 0. The van der Waals surface area contributed by atoms with E-state index < -0.39 is 5.83 Å². The molecule has 1 aromatic carbocycles. The van der Waals surface area contributed by atoms with Crippen LogP contribution in [-0.4, -0.2) is 6.29 Å². The Kier molecular flexibility index (Phi) is 2.55. The maximum absolute atomic E-state index is 12.8. The van der Waals surface area contributed by atoms with Crippen molar-refractivity contribution in [2.24, 2.45) is 0 Å². The van der Waals surface area contributed by atoms with Crippen LogP contribution >= 0.6 is 0 Å². The first-order valence-electron chi connectivity index (χ1n) is 3.21. The van der Waals surface area contributed by atoms with Crippen LogP contribution in [0.25, 0.3) is 5.83 Å². The van der Waals surface area contributed by atoms with E-state index in [2.05, 4.69) is 0 Å². The Morgan fingerprint density at radius 2 is 1.91 bits per heavy atom. The van der Waals surface area contributed by atoms with Crippen LogP contribution in [-0.2, 0) is 4.79 Å². The van der Waals surface area contributed by atoms with Crippen LogP contribution in [0.15, 0.2) is 36.4 Å². The number of rotatable bonds is 2. The van der Waals surface area contributed by atoms with Gasteiger partial charge in [0.25, 0.3) is 0 Å². The average molecular weight is 150 g/mol. The second kappa shape index (κ2) is 3.66. The molecule has 0 unspecified atom stereocenters. The predicted octanol–water partition coefficient (Wildman–Crippen LogP) is 2.20. The summed E-state index contributed by atoms with van der Waals surface area (Å²) in [6.07, 6.45) is 1.33. The SMILES string of the molecule is O=C/C=C(\F)c1ccccc1. The Morgan fingerprint density at radius 1 is 1.27 bits per heavy atom. The van der Waals surface area contributed by atoms with Gasteiger partial charge in [0, 0.05) is 11.6 Å². The van der Waals surface area contributed by atoms with Gasteiger partial charge in [0.1, 0.15) is 12.1 Å². The van der Waals surface area contributed by atoms with Crippen LogP contribution in [0, 0.1) is 0 Å². The van der Waals surface area contributed by atoms with E-state index in [0.717, 1.165) is 6.08 Å². The first-order chi connectivity index (χ1) is 5.34. The third-order valence-corrected chi connectivity index (χ3v) is 1.26. The molecule has 0 saturated carbocycles. The van der Waals surface area contributed by atoms with Gasteiger partial charge in [-0.3, -0.25) is 4.79 Å². The molecule has 0 saturated heterocycles. The van der Waals surface area contributed by atoms with Gasteiger partial charge in [0.05, 0.1) is 0 Å². The summed E-state index contributed by atoms with van der Waals surface area (Å²) in [7, 11) is 0. The Balaban J connectivity index is 2.94. The highest BCUT2D eigenvalue weighted by Gasteiger charge is 1.95. The van der Waals surface area contributed by atoms with Gasteiger partial charge in [-0.15, -0.1) is 0 Å². The number of carbonyl (C=O) groups excluding carboxylic acids is 1. The molecule has 1 rings (SSSR count). The van der Waals surface area contributed by atoms with Crippen LogP contribution in [0.1, 0.15) is 5.56 Å². The lowest BCUT2D eigenvalue weighted by Crippen LogP contribution is -1.76. The summed E-state index contributed by atoms with van der Waals surface area (Å²) in [4.78, 5) is 9.87. The first-order valence-corrected chi connectivity index (χ1v) is 3.21. The fourth-order valence-corrected chi connectivity index (χ4v) is 0.753. The van der Waals surface area contributed by atoms with Crippen molar-refractivity contribution in [1.29, 1.82) is 0 Å². The molecule has 1 aromatic rings. The molecule has 56 valence electrons. The number of allylic oxidation sites excluding steroid dienone is 1. The van der Waals surface area contributed by atoms with Crippen LogP contribution in [0.3, 0.4) is 0 Å². The largest absolute Gasteiger partial charge is 0.298 e. The average Bonchev–Trinajstić information content (AvgIpc) is 2.07. The lowest BCUT2D eigenvalue weighted by atomic mass is 10.2. The van der Waals surface area contributed by atoms with E-state index >= 15 is 0 Å². The van der Waals surface area contributed by atoms with E-state index in [1.165, 1.54) is 0 Å². The number of aldehydes is 1. The molecule has 0 fully saturated rings. The standard InChI is InChI=1S/C9H7FO/c10-9(6-7-11)8-4-2-1-3-5-8/h1-7H/b9-6-. The summed E-state index contributed by atoms with van der Waals surface area (Å²) in [5.74, 6) is -0.499. The van der Waals surface area contributed by atoms with Crippen molar-refractivity contribution in [2.45, 2.75) is 0 Å². The number of hydrogen-bond acceptors (Lipinski definition) is 1. The number of hydrogen-bond donors (Lipinski definition) is 0. The summed E-state index contributed by atoms with van der Waals surface area (Å²) in [6.45, 7) is 0. The number of carbonyl (C=O) groups is 1. The highest BCUT2D eigenvalue weighted by Crippen LogP contribution is 2.13. The van der Waals surface area contributed by atoms with Crippen LogP contribution < -0.4 is 0 Å². The summed E-state index contributed by atoms with van der Waals surface area (Å²) in [6, 6.07) is 8.43. The second-order valence-corrected chi connectivity index (χ2v) is 2.02. The lowest BCUT2D eigenvalue weighted by molar-refractivity contribution is -0.104. The second-order valence-electron chi connectivity index (χ2n) is 2.02. The van der Waals surface area contributed by atoms with E-state index in [4.69, 9.17) is 0 Å². The third kappa shape index (κ3) is 2.00. The summed E-state index contributed by atoms with van der Waals surface area (Å²) in [5, 5.41) is 0. The van der Waals surface area contributed by atoms with Gasteiger partial charge >= 0.3 is 0 Å².